The summed E-state index contributed by atoms with van der Waals surface area (Å²) in [6.07, 6.45) is 10.5. The first-order chi connectivity index (χ1) is 10.1. The quantitative estimate of drug-likeness (QED) is 0.839. The Bertz CT molecular complexity index is 426. The third-order valence-electron chi connectivity index (χ3n) is 5.04. The van der Waals surface area contributed by atoms with Crippen LogP contribution in [0.5, 0.6) is 0 Å². The Morgan fingerprint density at radius 2 is 2.29 bits per heavy atom. The maximum absolute atomic E-state index is 4.28. The lowest BCUT2D eigenvalue weighted by molar-refractivity contribution is 0.0748. The standard InChI is InChI=1S/C17H32N4/c1-5-9-21-14-19-12-16(21)11-18-13-17(20(3)4)8-6-7-15(2)10-17/h12,14-15,18H,5-11,13H2,1-4H3. The van der Waals surface area contributed by atoms with Crippen molar-refractivity contribution in [1.82, 2.24) is 19.8 Å². The van der Waals surface area contributed by atoms with Gasteiger partial charge in [0.2, 0.25) is 0 Å². The molecule has 1 aliphatic carbocycles. The third kappa shape index (κ3) is 4.07. The molecule has 4 heteroatoms. The predicted octanol–water partition coefficient (Wildman–Crippen LogP) is 2.89. The van der Waals surface area contributed by atoms with E-state index >= 15 is 0 Å². The van der Waals surface area contributed by atoms with Crippen LogP contribution in [0, 0.1) is 5.92 Å². The maximum Gasteiger partial charge on any atom is 0.0948 e. The van der Waals surface area contributed by atoms with E-state index in [4.69, 9.17) is 0 Å². The minimum absolute atomic E-state index is 0.327. The summed E-state index contributed by atoms with van der Waals surface area (Å²) in [5.41, 5.74) is 1.63. The van der Waals surface area contributed by atoms with Crippen molar-refractivity contribution in [2.24, 2.45) is 5.92 Å². The third-order valence-corrected chi connectivity index (χ3v) is 5.04. The molecule has 2 rings (SSSR count). The van der Waals surface area contributed by atoms with Crippen LogP contribution in [0.25, 0.3) is 0 Å². The molecule has 0 spiro atoms. The molecular weight excluding hydrogens is 260 g/mol. The summed E-state index contributed by atoms with van der Waals surface area (Å²) in [4.78, 5) is 6.73. The fraction of sp³-hybridized carbons (Fsp3) is 0.824. The highest BCUT2D eigenvalue weighted by Crippen LogP contribution is 2.35. The van der Waals surface area contributed by atoms with Gasteiger partial charge in [-0.1, -0.05) is 26.7 Å². The second-order valence-corrected chi connectivity index (χ2v) is 7.00. The van der Waals surface area contributed by atoms with Gasteiger partial charge in [0.05, 0.1) is 12.0 Å². The van der Waals surface area contributed by atoms with Gasteiger partial charge in [-0.25, -0.2) is 4.98 Å². The molecule has 1 aromatic rings. The highest BCUT2D eigenvalue weighted by molar-refractivity contribution is 5.00. The minimum atomic E-state index is 0.327. The van der Waals surface area contributed by atoms with Crippen LogP contribution >= 0.6 is 0 Å². The van der Waals surface area contributed by atoms with Crippen molar-refractivity contribution in [1.29, 1.82) is 0 Å². The Morgan fingerprint density at radius 1 is 1.48 bits per heavy atom. The first kappa shape index (κ1) is 16.5. The second kappa shape index (κ2) is 7.41. The van der Waals surface area contributed by atoms with Crippen molar-refractivity contribution in [2.75, 3.05) is 20.6 Å². The van der Waals surface area contributed by atoms with E-state index < -0.39 is 0 Å². The molecule has 21 heavy (non-hydrogen) atoms. The molecule has 1 fully saturated rings. The van der Waals surface area contributed by atoms with Gasteiger partial charge in [0.25, 0.3) is 0 Å². The monoisotopic (exact) mass is 292 g/mol. The van der Waals surface area contributed by atoms with E-state index in [1.807, 2.05) is 12.5 Å². The van der Waals surface area contributed by atoms with Crippen LogP contribution in [0.3, 0.4) is 0 Å². The summed E-state index contributed by atoms with van der Waals surface area (Å²) in [6.45, 7) is 7.66. The Morgan fingerprint density at radius 3 is 2.95 bits per heavy atom. The lowest BCUT2D eigenvalue weighted by atomic mass is 9.75. The van der Waals surface area contributed by atoms with E-state index in [1.54, 1.807) is 0 Å². The van der Waals surface area contributed by atoms with Crippen molar-refractivity contribution in [2.45, 2.75) is 64.6 Å². The van der Waals surface area contributed by atoms with Crippen LogP contribution in [-0.4, -0.2) is 40.6 Å². The molecule has 0 saturated heterocycles. The molecule has 120 valence electrons. The number of imidazole rings is 1. The second-order valence-electron chi connectivity index (χ2n) is 7.00. The number of aryl methyl sites for hydroxylation is 1. The maximum atomic E-state index is 4.28. The molecule has 4 nitrogen and oxygen atoms in total. The molecule has 0 aromatic carbocycles. The van der Waals surface area contributed by atoms with Gasteiger partial charge in [0.15, 0.2) is 0 Å². The minimum Gasteiger partial charge on any atom is -0.333 e. The van der Waals surface area contributed by atoms with Gasteiger partial charge in [-0.3, -0.25) is 0 Å². The normalized spacial score (nSPS) is 26.4. The van der Waals surface area contributed by atoms with Gasteiger partial charge in [-0.05, 0) is 39.3 Å². The molecule has 0 radical (unpaired) electrons. The summed E-state index contributed by atoms with van der Waals surface area (Å²) in [7, 11) is 4.47. The van der Waals surface area contributed by atoms with Crippen molar-refractivity contribution in [3.63, 3.8) is 0 Å². The number of likely N-dealkylation sites (N-methyl/N-ethyl adjacent to an activating group) is 1. The van der Waals surface area contributed by atoms with Gasteiger partial charge in [-0.15, -0.1) is 0 Å². The fourth-order valence-electron chi connectivity index (χ4n) is 3.72. The van der Waals surface area contributed by atoms with Crippen molar-refractivity contribution >= 4 is 0 Å². The SMILES string of the molecule is CCCn1cncc1CNCC1(N(C)C)CCCC(C)C1. The van der Waals surface area contributed by atoms with E-state index in [9.17, 15) is 0 Å². The number of nitrogens with zero attached hydrogens (tertiary/aromatic N) is 3. The van der Waals surface area contributed by atoms with Crippen LogP contribution in [-0.2, 0) is 13.1 Å². The fourth-order valence-corrected chi connectivity index (χ4v) is 3.72. The highest BCUT2D eigenvalue weighted by Gasteiger charge is 2.36. The molecule has 0 amide bonds. The summed E-state index contributed by atoms with van der Waals surface area (Å²) in [5.74, 6) is 0.841. The number of hydrogen-bond acceptors (Lipinski definition) is 3. The predicted molar refractivity (Wildman–Crippen MR) is 88.3 cm³/mol. The highest BCUT2D eigenvalue weighted by atomic mass is 15.2. The summed E-state index contributed by atoms with van der Waals surface area (Å²) >= 11 is 0. The van der Waals surface area contributed by atoms with Crippen LogP contribution in [0.4, 0.5) is 0 Å². The van der Waals surface area contributed by atoms with Gasteiger partial charge in [0.1, 0.15) is 0 Å². The zero-order chi connectivity index (χ0) is 15.3. The number of nitrogens with one attached hydrogen (secondary N) is 1. The van der Waals surface area contributed by atoms with Gasteiger partial charge >= 0.3 is 0 Å². The van der Waals surface area contributed by atoms with Crippen LogP contribution in [0.2, 0.25) is 0 Å². The molecule has 1 aromatic heterocycles. The van der Waals surface area contributed by atoms with Crippen molar-refractivity contribution in [3.8, 4) is 0 Å². The largest absolute Gasteiger partial charge is 0.333 e. The molecule has 1 saturated carbocycles. The van der Waals surface area contributed by atoms with Crippen molar-refractivity contribution < 1.29 is 0 Å². The Labute approximate surface area is 129 Å². The Hall–Kier alpha value is -0.870. The molecular formula is C17H32N4. The number of hydrogen-bond donors (Lipinski definition) is 1. The molecule has 2 atom stereocenters. The summed E-state index contributed by atoms with van der Waals surface area (Å²) < 4.78 is 2.26. The number of aromatic nitrogens is 2. The van der Waals surface area contributed by atoms with Crippen LogP contribution in [0.15, 0.2) is 12.5 Å². The lowest BCUT2D eigenvalue weighted by Gasteiger charge is -2.45. The first-order valence-corrected chi connectivity index (χ1v) is 8.44. The van der Waals surface area contributed by atoms with E-state index in [1.165, 1.54) is 31.4 Å². The first-order valence-electron chi connectivity index (χ1n) is 8.44. The van der Waals surface area contributed by atoms with Crippen LogP contribution < -0.4 is 5.32 Å². The Kier molecular flexibility index (Phi) is 5.82. The molecule has 1 N–H and O–H groups in total. The average Bonchev–Trinajstić information content (AvgIpc) is 2.87. The van der Waals surface area contributed by atoms with Gasteiger partial charge in [0, 0.05) is 31.4 Å². The van der Waals surface area contributed by atoms with E-state index in [0.29, 0.717) is 5.54 Å². The molecule has 0 aliphatic heterocycles. The topological polar surface area (TPSA) is 33.1 Å². The molecule has 1 aliphatic rings. The lowest BCUT2D eigenvalue weighted by Crippen LogP contribution is -2.54. The zero-order valence-corrected chi connectivity index (χ0v) is 14.2. The van der Waals surface area contributed by atoms with E-state index in [-0.39, 0.29) is 0 Å². The van der Waals surface area contributed by atoms with Crippen LogP contribution in [0.1, 0.15) is 51.6 Å². The van der Waals surface area contributed by atoms with Gasteiger partial charge < -0.3 is 14.8 Å². The average molecular weight is 292 g/mol. The molecule has 2 unspecified atom stereocenters. The number of rotatable bonds is 7. The Balaban J connectivity index is 1.92. The van der Waals surface area contributed by atoms with E-state index in [0.717, 1.165) is 32.0 Å². The molecule has 1 heterocycles. The molecule has 0 bridgehead atoms. The summed E-state index contributed by atoms with van der Waals surface area (Å²) in [5, 5.41) is 3.70. The smallest absolute Gasteiger partial charge is 0.0948 e. The van der Waals surface area contributed by atoms with Gasteiger partial charge in [-0.2, -0.15) is 0 Å². The van der Waals surface area contributed by atoms with Crippen molar-refractivity contribution in [3.05, 3.63) is 18.2 Å². The zero-order valence-electron chi connectivity index (χ0n) is 14.2. The summed E-state index contributed by atoms with van der Waals surface area (Å²) in [6, 6.07) is 0. The van der Waals surface area contributed by atoms with E-state index in [2.05, 4.69) is 47.7 Å².